The summed E-state index contributed by atoms with van der Waals surface area (Å²) in [7, 11) is 1.54. The van der Waals surface area contributed by atoms with Gasteiger partial charge in [0.1, 0.15) is 0 Å². The summed E-state index contributed by atoms with van der Waals surface area (Å²) < 4.78 is 12.6. The molecular formula is C24H27N3O6. The highest BCUT2D eigenvalue weighted by atomic mass is 16.5. The molecule has 9 heteroatoms. The van der Waals surface area contributed by atoms with Gasteiger partial charge >= 0.3 is 0 Å². The highest BCUT2D eigenvalue weighted by Gasteiger charge is 2.30. The van der Waals surface area contributed by atoms with Gasteiger partial charge in [-0.3, -0.25) is 14.8 Å². The number of carbonyl (C=O) groups excluding carboxylic acids is 2. The maximum atomic E-state index is 12.3. The molecule has 33 heavy (non-hydrogen) atoms. The number of anilines is 1. The molecule has 0 spiro atoms. The van der Waals surface area contributed by atoms with E-state index in [-0.39, 0.29) is 24.1 Å². The van der Waals surface area contributed by atoms with E-state index < -0.39 is 11.9 Å². The fraction of sp³-hybridized carbons (Fsp3) is 0.333. The van der Waals surface area contributed by atoms with Crippen molar-refractivity contribution in [1.29, 1.82) is 0 Å². The number of nitrogens with one attached hydrogen (secondary N) is 2. The maximum absolute atomic E-state index is 12.3. The molecule has 1 aromatic heterocycles. The predicted molar refractivity (Wildman–Crippen MR) is 122 cm³/mol. The molecule has 9 nitrogen and oxygen atoms in total. The number of fused-ring (bicyclic) bond motifs is 1. The molecule has 0 radical (unpaired) electrons. The SMILES string of the molecule is CCOc1cc([C@@H](CC(=O)NO)n2cc3cccc(NC(=O)C4CC4)c3c2O)ccc1OC. The first-order valence-corrected chi connectivity index (χ1v) is 10.8. The molecule has 0 aliphatic heterocycles. The first-order valence-electron chi connectivity index (χ1n) is 10.8. The minimum absolute atomic E-state index is 0.0155. The monoisotopic (exact) mass is 453 g/mol. The van der Waals surface area contributed by atoms with E-state index in [4.69, 9.17) is 14.7 Å². The van der Waals surface area contributed by atoms with Crippen molar-refractivity contribution in [2.45, 2.75) is 32.2 Å². The van der Waals surface area contributed by atoms with E-state index in [0.717, 1.165) is 12.8 Å². The minimum atomic E-state index is -0.665. The molecule has 1 saturated carbocycles. The number of hydroxylamine groups is 1. The predicted octanol–water partition coefficient (Wildman–Crippen LogP) is 3.59. The third-order valence-corrected chi connectivity index (χ3v) is 5.76. The Balaban J connectivity index is 1.80. The number of methoxy groups -OCH3 is 1. The van der Waals surface area contributed by atoms with Gasteiger partial charge in [0, 0.05) is 17.5 Å². The lowest BCUT2D eigenvalue weighted by Gasteiger charge is -2.21. The third-order valence-electron chi connectivity index (χ3n) is 5.76. The summed E-state index contributed by atoms with van der Waals surface area (Å²) in [5.41, 5.74) is 2.84. The number of nitrogens with zero attached hydrogens (tertiary/aromatic N) is 1. The number of amides is 2. The Hall–Kier alpha value is -3.72. The Morgan fingerprint density at radius 3 is 2.67 bits per heavy atom. The molecule has 4 N–H and O–H groups in total. The first-order chi connectivity index (χ1) is 16.0. The van der Waals surface area contributed by atoms with Crippen LogP contribution in [0.1, 0.15) is 37.8 Å². The van der Waals surface area contributed by atoms with Crippen molar-refractivity contribution in [3.05, 3.63) is 48.2 Å². The van der Waals surface area contributed by atoms with Crippen LogP contribution < -0.4 is 20.3 Å². The zero-order valence-corrected chi connectivity index (χ0v) is 18.5. The zero-order chi connectivity index (χ0) is 23.5. The van der Waals surface area contributed by atoms with Crippen LogP contribution in [0.5, 0.6) is 17.4 Å². The van der Waals surface area contributed by atoms with E-state index in [0.29, 0.717) is 40.1 Å². The molecule has 1 aliphatic rings. The lowest BCUT2D eigenvalue weighted by Crippen LogP contribution is -2.24. The van der Waals surface area contributed by atoms with Gasteiger partial charge < -0.3 is 24.5 Å². The van der Waals surface area contributed by atoms with Crippen LogP contribution in [-0.4, -0.2) is 40.4 Å². The van der Waals surface area contributed by atoms with Gasteiger partial charge in [-0.1, -0.05) is 18.2 Å². The number of aromatic hydroxyl groups is 1. The molecule has 1 heterocycles. The van der Waals surface area contributed by atoms with Gasteiger partial charge in [-0.25, -0.2) is 5.48 Å². The van der Waals surface area contributed by atoms with Crippen LogP contribution in [-0.2, 0) is 9.59 Å². The average molecular weight is 453 g/mol. The lowest BCUT2D eigenvalue weighted by molar-refractivity contribution is -0.129. The summed E-state index contributed by atoms with van der Waals surface area (Å²) in [6, 6.07) is 9.94. The molecule has 4 rings (SSSR count). The molecule has 1 fully saturated rings. The smallest absolute Gasteiger partial charge is 0.245 e. The van der Waals surface area contributed by atoms with Crippen LogP contribution in [0, 0.1) is 5.92 Å². The number of benzene rings is 2. The Morgan fingerprint density at radius 1 is 1.21 bits per heavy atom. The summed E-state index contributed by atoms with van der Waals surface area (Å²) in [4.78, 5) is 24.5. The molecule has 2 aromatic carbocycles. The van der Waals surface area contributed by atoms with Crippen LogP contribution in [0.3, 0.4) is 0 Å². The summed E-state index contributed by atoms with van der Waals surface area (Å²) >= 11 is 0. The normalized spacial score (nSPS) is 14.0. The second kappa shape index (κ2) is 9.41. The molecule has 0 bridgehead atoms. The number of aromatic nitrogens is 1. The Morgan fingerprint density at radius 2 is 2.00 bits per heavy atom. The molecule has 1 aliphatic carbocycles. The van der Waals surface area contributed by atoms with Crippen molar-refractivity contribution in [3.8, 4) is 17.4 Å². The van der Waals surface area contributed by atoms with Gasteiger partial charge in [0.15, 0.2) is 11.5 Å². The van der Waals surface area contributed by atoms with Crippen molar-refractivity contribution in [1.82, 2.24) is 10.0 Å². The van der Waals surface area contributed by atoms with Gasteiger partial charge in [0.25, 0.3) is 0 Å². The van der Waals surface area contributed by atoms with Crippen LogP contribution in [0.25, 0.3) is 10.8 Å². The second-order valence-electron chi connectivity index (χ2n) is 7.99. The fourth-order valence-electron chi connectivity index (χ4n) is 3.96. The van der Waals surface area contributed by atoms with Gasteiger partial charge in [-0.05, 0) is 43.5 Å². The lowest BCUT2D eigenvalue weighted by atomic mass is 10.0. The highest BCUT2D eigenvalue weighted by molar-refractivity contribution is 6.06. The van der Waals surface area contributed by atoms with Crippen LogP contribution in [0.4, 0.5) is 5.69 Å². The largest absolute Gasteiger partial charge is 0.494 e. The van der Waals surface area contributed by atoms with Crippen molar-refractivity contribution in [3.63, 3.8) is 0 Å². The van der Waals surface area contributed by atoms with Crippen molar-refractivity contribution < 1.29 is 29.4 Å². The summed E-state index contributed by atoms with van der Waals surface area (Å²) in [5.74, 6) is 0.275. The molecule has 2 amide bonds. The van der Waals surface area contributed by atoms with E-state index in [1.54, 1.807) is 46.6 Å². The highest BCUT2D eigenvalue weighted by Crippen LogP contribution is 2.40. The third kappa shape index (κ3) is 4.58. The van der Waals surface area contributed by atoms with Crippen molar-refractivity contribution in [2.24, 2.45) is 5.92 Å². The topological polar surface area (TPSA) is 122 Å². The van der Waals surface area contributed by atoms with Gasteiger partial charge in [0.05, 0.1) is 37.3 Å². The van der Waals surface area contributed by atoms with Crippen LogP contribution in [0.2, 0.25) is 0 Å². The molecule has 0 saturated heterocycles. The molecule has 0 unspecified atom stereocenters. The van der Waals surface area contributed by atoms with Gasteiger partial charge in [0.2, 0.25) is 17.7 Å². The van der Waals surface area contributed by atoms with Gasteiger partial charge in [-0.2, -0.15) is 0 Å². The first kappa shape index (κ1) is 22.5. The molecular weight excluding hydrogens is 426 g/mol. The van der Waals surface area contributed by atoms with Crippen LogP contribution in [0.15, 0.2) is 42.6 Å². The van der Waals surface area contributed by atoms with E-state index in [2.05, 4.69) is 5.32 Å². The fourth-order valence-corrected chi connectivity index (χ4v) is 3.96. The van der Waals surface area contributed by atoms with Crippen LogP contribution >= 0.6 is 0 Å². The Kier molecular flexibility index (Phi) is 6.41. The zero-order valence-electron chi connectivity index (χ0n) is 18.5. The second-order valence-corrected chi connectivity index (χ2v) is 7.99. The average Bonchev–Trinajstić information content (AvgIpc) is 3.62. The minimum Gasteiger partial charge on any atom is -0.494 e. The molecule has 1 atom stereocenters. The summed E-state index contributed by atoms with van der Waals surface area (Å²) in [6.45, 7) is 2.27. The number of ether oxygens (including phenoxy) is 2. The van der Waals surface area contributed by atoms with Crippen molar-refractivity contribution in [2.75, 3.05) is 19.0 Å². The Bertz CT molecular complexity index is 1180. The number of hydrogen-bond donors (Lipinski definition) is 4. The van der Waals surface area contributed by atoms with E-state index in [9.17, 15) is 14.7 Å². The number of rotatable bonds is 9. The standard InChI is InChI=1S/C24H27N3O6/c1-3-33-20-11-15(9-10-19(20)32-2)18(12-21(28)26-31)27-13-16-5-4-6-17(22(16)24(27)30)25-23(29)14-7-8-14/h4-6,9-11,13-14,18,30-31H,3,7-8,12H2,1-2H3,(H,25,29)(H,26,28)/t18-/m1/s1. The molecule has 174 valence electrons. The maximum Gasteiger partial charge on any atom is 0.245 e. The van der Waals surface area contributed by atoms with E-state index in [1.807, 2.05) is 13.0 Å². The summed E-state index contributed by atoms with van der Waals surface area (Å²) in [6.07, 6.45) is 3.31. The van der Waals surface area contributed by atoms with Gasteiger partial charge in [-0.15, -0.1) is 0 Å². The number of carbonyl (C=O) groups is 2. The van der Waals surface area contributed by atoms with Crippen molar-refractivity contribution >= 4 is 28.3 Å². The van der Waals surface area contributed by atoms with E-state index in [1.165, 1.54) is 7.11 Å². The van der Waals surface area contributed by atoms with E-state index >= 15 is 0 Å². The molecule has 3 aromatic rings. The Labute approximate surface area is 190 Å². The number of hydrogen-bond acceptors (Lipinski definition) is 6. The summed E-state index contributed by atoms with van der Waals surface area (Å²) in [5, 5.41) is 24.4. The quantitative estimate of drug-likeness (QED) is 0.290.